The van der Waals surface area contributed by atoms with Gasteiger partial charge in [0.05, 0.1) is 0 Å². The molecule has 4 aromatic rings. The summed E-state index contributed by atoms with van der Waals surface area (Å²) in [5.74, 6) is -2.36. The van der Waals surface area contributed by atoms with E-state index in [0.29, 0.717) is 23.0 Å². The number of carbonyl (C=O) groups is 1. The molecule has 4 nitrogen and oxygen atoms in total. The number of H-pyrrole nitrogens is 1. The van der Waals surface area contributed by atoms with Crippen molar-refractivity contribution < 1.29 is 35.9 Å². The fraction of sp³-hybridized carbons (Fsp3) is 0.300. The Morgan fingerprint density at radius 3 is 2.10 bits per heavy atom. The number of carbonyl (C=O) groups excluding carboxylic acids is 1. The van der Waals surface area contributed by atoms with E-state index in [1.165, 1.54) is 30.3 Å². The Kier molecular flexibility index (Phi) is 8.18. The first kappa shape index (κ1) is 29.0. The predicted octanol–water partition coefficient (Wildman–Crippen LogP) is 9.72. The van der Waals surface area contributed by atoms with Crippen LogP contribution in [0.3, 0.4) is 0 Å². The lowest BCUT2D eigenvalue weighted by Crippen LogP contribution is -2.17. The highest BCUT2D eigenvalue weighted by Crippen LogP contribution is 2.48. The third kappa shape index (κ3) is 6.43. The second-order valence-electron chi connectivity index (χ2n) is 9.86. The van der Waals surface area contributed by atoms with E-state index in [0.717, 1.165) is 30.4 Å². The first-order valence-corrected chi connectivity index (χ1v) is 12.8. The maximum atomic E-state index is 14.1. The van der Waals surface area contributed by atoms with Crippen molar-refractivity contribution >= 4 is 22.5 Å². The fourth-order valence-electron chi connectivity index (χ4n) is 4.42. The lowest BCUT2D eigenvalue weighted by Gasteiger charge is -2.21. The van der Waals surface area contributed by atoms with E-state index >= 15 is 0 Å². The number of hydrogen-bond acceptors (Lipinski definition) is 2. The van der Waals surface area contributed by atoms with Gasteiger partial charge in [0.15, 0.2) is 5.75 Å². The number of aromatic amines is 1. The molecule has 1 amide bonds. The number of halogens is 6. The van der Waals surface area contributed by atoms with E-state index in [9.17, 15) is 31.1 Å². The molecule has 0 saturated heterocycles. The number of alkyl halides is 6. The van der Waals surface area contributed by atoms with E-state index in [1.807, 2.05) is 20.8 Å². The van der Waals surface area contributed by atoms with Crippen LogP contribution in [0, 0.1) is 0 Å². The highest BCUT2D eigenvalue weighted by Gasteiger charge is 2.43. The minimum Gasteiger partial charge on any atom is -0.456 e. The summed E-state index contributed by atoms with van der Waals surface area (Å²) < 4.78 is 90.0. The van der Waals surface area contributed by atoms with Crippen LogP contribution in [0.5, 0.6) is 11.5 Å². The number of hydrogen-bond donors (Lipinski definition) is 2. The topological polar surface area (TPSA) is 54.1 Å². The van der Waals surface area contributed by atoms with Gasteiger partial charge in [-0.15, -0.1) is 0 Å². The van der Waals surface area contributed by atoms with Crippen LogP contribution in [0.15, 0.2) is 60.8 Å². The predicted molar refractivity (Wildman–Crippen MR) is 142 cm³/mol. The van der Waals surface area contributed by atoms with Gasteiger partial charge in [-0.2, -0.15) is 26.3 Å². The Bertz CT molecular complexity index is 1470. The molecule has 0 unspecified atom stereocenters. The number of anilines is 1. The zero-order chi connectivity index (χ0) is 29.2. The standard InChI is InChI=1S/C30H28F6N2O2/c1-4-5-6-18-7-9-19(10-8-18)28(39)38-20-13-24(29(31,32)33)27(25(14-20)30(34,35)36)40-21-11-12-26-22(15-21)23(16-37-26)17(2)3/h7-17,37H,4-6H2,1-3H3,(H,38,39). The van der Waals surface area contributed by atoms with Crippen molar-refractivity contribution in [3.05, 3.63) is 88.6 Å². The molecule has 0 bridgehead atoms. The van der Waals surface area contributed by atoms with Gasteiger partial charge < -0.3 is 15.0 Å². The third-order valence-electron chi connectivity index (χ3n) is 6.52. The fourth-order valence-corrected chi connectivity index (χ4v) is 4.42. The third-order valence-corrected chi connectivity index (χ3v) is 6.52. The molecule has 0 spiro atoms. The van der Waals surface area contributed by atoms with Gasteiger partial charge in [-0.1, -0.05) is 39.3 Å². The number of aryl methyl sites for hydroxylation is 1. The Balaban J connectivity index is 1.73. The van der Waals surface area contributed by atoms with E-state index < -0.39 is 40.8 Å². The summed E-state index contributed by atoms with van der Waals surface area (Å²) >= 11 is 0. The van der Waals surface area contributed by atoms with Crippen molar-refractivity contribution in [1.82, 2.24) is 4.98 Å². The smallest absolute Gasteiger partial charge is 0.420 e. The molecule has 4 rings (SSSR count). The Morgan fingerprint density at radius 2 is 1.55 bits per heavy atom. The van der Waals surface area contributed by atoms with Gasteiger partial charge in [-0.05, 0) is 72.4 Å². The zero-order valence-corrected chi connectivity index (χ0v) is 22.1. The van der Waals surface area contributed by atoms with Crippen molar-refractivity contribution in [2.75, 3.05) is 5.32 Å². The van der Waals surface area contributed by atoms with Crippen LogP contribution in [0.4, 0.5) is 32.0 Å². The van der Waals surface area contributed by atoms with Crippen molar-refractivity contribution in [3.8, 4) is 11.5 Å². The zero-order valence-electron chi connectivity index (χ0n) is 22.1. The Hall–Kier alpha value is -3.95. The molecule has 212 valence electrons. The van der Waals surface area contributed by atoms with Gasteiger partial charge in [0.25, 0.3) is 5.91 Å². The first-order valence-electron chi connectivity index (χ1n) is 12.8. The molecular weight excluding hydrogens is 534 g/mol. The van der Waals surface area contributed by atoms with Crippen molar-refractivity contribution in [2.45, 2.75) is 58.3 Å². The van der Waals surface area contributed by atoms with E-state index in [1.54, 1.807) is 18.3 Å². The van der Waals surface area contributed by atoms with Crippen LogP contribution in [0.2, 0.25) is 0 Å². The molecule has 10 heteroatoms. The SMILES string of the molecule is CCCCc1ccc(C(=O)Nc2cc(C(F)(F)F)c(Oc3ccc4[nH]cc(C(C)C)c4c3)c(C(F)(F)F)c2)cc1. The van der Waals surface area contributed by atoms with Crippen LogP contribution in [-0.2, 0) is 18.8 Å². The van der Waals surface area contributed by atoms with Gasteiger partial charge >= 0.3 is 12.4 Å². The minimum absolute atomic E-state index is 0.0518. The monoisotopic (exact) mass is 562 g/mol. The average Bonchev–Trinajstić information content (AvgIpc) is 3.31. The number of rotatable bonds is 8. The van der Waals surface area contributed by atoms with E-state index in [2.05, 4.69) is 10.3 Å². The molecular formula is C30H28F6N2O2. The van der Waals surface area contributed by atoms with E-state index in [4.69, 9.17) is 4.74 Å². The van der Waals surface area contributed by atoms with Crippen LogP contribution >= 0.6 is 0 Å². The molecule has 1 heterocycles. The summed E-state index contributed by atoms with van der Waals surface area (Å²) in [5, 5.41) is 2.80. The molecule has 1 aromatic heterocycles. The molecule has 0 aliphatic rings. The number of benzene rings is 3. The highest BCUT2D eigenvalue weighted by atomic mass is 19.4. The molecule has 0 aliphatic heterocycles. The number of aromatic nitrogens is 1. The molecule has 40 heavy (non-hydrogen) atoms. The van der Waals surface area contributed by atoms with Gasteiger partial charge in [0.1, 0.15) is 16.9 Å². The highest BCUT2D eigenvalue weighted by molar-refractivity contribution is 6.04. The Labute approximate surface area is 227 Å². The van der Waals surface area contributed by atoms with Crippen molar-refractivity contribution in [3.63, 3.8) is 0 Å². The summed E-state index contributed by atoms with van der Waals surface area (Å²) in [6.07, 6.45) is -5.98. The lowest BCUT2D eigenvalue weighted by atomic mass is 10.0. The van der Waals surface area contributed by atoms with Crippen LogP contribution in [-0.4, -0.2) is 10.9 Å². The number of fused-ring (bicyclic) bond motifs is 1. The van der Waals surface area contributed by atoms with Gasteiger partial charge in [-0.25, -0.2) is 0 Å². The quantitative estimate of drug-likeness (QED) is 0.210. The van der Waals surface area contributed by atoms with E-state index in [-0.39, 0.29) is 17.2 Å². The number of nitrogens with one attached hydrogen (secondary N) is 2. The summed E-state index contributed by atoms with van der Waals surface area (Å²) in [6, 6.07) is 11.5. The maximum Gasteiger partial charge on any atom is 0.420 e. The van der Waals surface area contributed by atoms with Crippen LogP contribution in [0.1, 0.15) is 72.1 Å². The molecule has 0 fully saturated rings. The summed E-state index contributed by atoms with van der Waals surface area (Å²) in [4.78, 5) is 15.7. The molecule has 0 radical (unpaired) electrons. The lowest BCUT2D eigenvalue weighted by molar-refractivity contribution is -0.144. The number of amides is 1. The summed E-state index contributed by atoms with van der Waals surface area (Å²) in [6.45, 7) is 5.85. The first-order chi connectivity index (χ1) is 18.8. The Morgan fingerprint density at radius 1 is 0.925 bits per heavy atom. The largest absolute Gasteiger partial charge is 0.456 e. The number of ether oxygens (including phenoxy) is 1. The number of unbranched alkanes of at least 4 members (excludes halogenated alkanes) is 1. The molecule has 0 atom stereocenters. The second-order valence-corrected chi connectivity index (χ2v) is 9.86. The molecule has 2 N–H and O–H groups in total. The van der Waals surface area contributed by atoms with Crippen molar-refractivity contribution in [2.24, 2.45) is 0 Å². The van der Waals surface area contributed by atoms with Gasteiger partial charge in [-0.3, -0.25) is 4.79 Å². The summed E-state index contributed by atoms with van der Waals surface area (Å²) in [5.41, 5.74) is -1.41. The van der Waals surface area contributed by atoms with Gasteiger partial charge in [0, 0.05) is 28.4 Å². The maximum absolute atomic E-state index is 14.1. The minimum atomic E-state index is -5.21. The van der Waals surface area contributed by atoms with Crippen LogP contribution in [0.25, 0.3) is 10.9 Å². The summed E-state index contributed by atoms with van der Waals surface area (Å²) in [7, 11) is 0. The molecule has 3 aromatic carbocycles. The van der Waals surface area contributed by atoms with Crippen molar-refractivity contribution in [1.29, 1.82) is 0 Å². The van der Waals surface area contributed by atoms with Gasteiger partial charge in [0.2, 0.25) is 0 Å². The average molecular weight is 563 g/mol. The second kappa shape index (κ2) is 11.3. The van der Waals surface area contributed by atoms with Crippen LogP contribution < -0.4 is 10.1 Å². The molecule has 0 saturated carbocycles. The molecule has 0 aliphatic carbocycles. The normalized spacial score (nSPS) is 12.2.